The highest BCUT2D eigenvalue weighted by atomic mass is 19.1. The van der Waals surface area contributed by atoms with Crippen LogP contribution in [0.4, 0.5) is 16.0 Å². The van der Waals surface area contributed by atoms with Gasteiger partial charge in [0.1, 0.15) is 5.82 Å². The van der Waals surface area contributed by atoms with Gasteiger partial charge in [-0.15, -0.1) is 0 Å². The van der Waals surface area contributed by atoms with Crippen LogP contribution in [0.3, 0.4) is 0 Å². The highest BCUT2D eigenvalue weighted by Crippen LogP contribution is 2.32. The maximum absolute atomic E-state index is 13.5. The molecule has 7 heteroatoms. The first-order valence-corrected chi connectivity index (χ1v) is 9.87. The van der Waals surface area contributed by atoms with Crippen molar-refractivity contribution in [2.24, 2.45) is 0 Å². The molecular formula is C23H20FN5O. The van der Waals surface area contributed by atoms with Crippen LogP contribution in [-0.4, -0.2) is 19.3 Å². The number of hydrogen-bond acceptors (Lipinski definition) is 4. The number of aryl methyl sites for hydroxylation is 1. The van der Waals surface area contributed by atoms with Gasteiger partial charge in [0.15, 0.2) is 0 Å². The summed E-state index contributed by atoms with van der Waals surface area (Å²) in [6.07, 6.45) is 2.58. The van der Waals surface area contributed by atoms with Gasteiger partial charge in [0, 0.05) is 25.0 Å². The van der Waals surface area contributed by atoms with Gasteiger partial charge in [-0.1, -0.05) is 30.3 Å². The standard InChI is InChI=1S/C23H20FN5O/c1-15-5-2-3-6-18(15)26-23-25-12-11-19(27-23)21-20(16-7-9-17(24)10-8-16)22(30)29-14-4-13-28(21)29/h2-3,5-12H,4,13-14H2,1H3,(H,25,26,27). The first-order chi connectivity index (χ1) is 14.6. The number of nitrogens with one attached hydrogen (secondary N) is 1. The van der Waals surface area contributed by atoms with E-state index >= 15 is 0 Å². The predicted molar refractivity (Wildman–Crippen MR) is 114 cm³/mol. The van der Waals surface area contributed by atoms with Gasteiger partial charge in [-0.3, -0.25) is 9.48 Å². The van der Waals surface area contributed by atoms with E-state index in [4.69, 9.17) is 4.98 Å². The van der Waals surface area contributed by atoms with Crippen molar-refractivity contribution in [2.45, 2.75) is 26.4 Å². The van der Waals surface area contributed by atoms with Gasteiger partial charge < -0.3 is 5.32 Å². The molecule has 0 spiro atoms. The molecule has 0 fully saturated rings. The Morgan fingerprint density at radius 2 is 1.77 bits per heavy atom. The Kier molecular flexibility index (Phi) is 4.43. The van der Waals surface area contributed by atoms with Crippen molar-refractivity contribution in [1.82, 2.24) is 19.3 Å². The molecule has 0 unspecified atom stereocenters. The molecule has 1 aliphatic rings. The van der Waals surface area contributed by atoms with Crippen LogP contribution in [0.15, 0.2) is 65.6 Å². The minimum absolute atomic E-state index is 0.0823. The van der Waals surface area contributed by atoms with Gasteiger partial charge >= 0.3 is 0 Å². The minimum Gasteiger partial charge on any atom is -0.324 e. The van der Waals surface area contributed by atoms with E-state index in [0.29, 0.717) is 29.3 Å². The zero-order valence-corrected chi connectivity index (χ0v) is 16.5. The number of hydrogen-bond donors (Lipinski definition) is 1. The summed E-state index contributed by atoms with van der Waals surface area (Å²) in [7, 11) is 0. The number of halogens is 1. The fraction of sp³-hybridized carbons (Fsp3) is 0.174. The number of nitrogens with zero attached hydrogens (tertiary/aromatic N) is 4. The molecule has 0 aliphatic carbocycles. The summed E-state index contributed by atoms with van der Waals surface area (Å²) in [5, 5.41) is 3.26. The van der Waals surface area contributed by atoms with E-state index in [1.807, 2.05) is 35.9 Å². The van der Waals surface area contributed by atoms with Crippen molar-refractivity contribution in [3.63, 3.8) is 0 Å². The first kappa shape index (κ1) is 18.3. The molecule has 2 aromatic heterocycles. The van der Waals surface area contributed by atoms with Crippen molar-refractivity contribution in [3.8, 4) is 22.5 Å². The van der Waals surface area contributed by atoms with Crippen LogP contribution in [0.1, 0.15) is 12.0 Å². The zero-order valence-electron chi connectivity index (χ0n) is 16.5. The van der Waals surface area contributed by atoms with E-state index < -0.39 is 0 Å². The van der Waals surface area contributed by atoms with E-state index in [0.717, 1.165) is 29.9 Å². The van der Waals surface area contributed by atoms with Crippen LogP contribution in [-0.2, 0) is 13.1 Å². The molecule has 0 radical (unpaired) electrons. The molecule has 1 N–H and O–H groups in total. The fourth-order valence-electron chi connectivity index (χ4n) is 3.94. The molecule has 0 bridgehead atoms. The zero-order chi connectivity index (χ0) is 20.7. The Morgan fingerprint density at radius 1 is 1.00 bits per heavy atom. The van der Waals surface area contributed by atoms with Crippen LogP contribution in [0, 0.1) is 12.7 Å². The molecule has 0 amide bonds. The summed E-state index contributed by atoms with van der Waals surface area (Å²) < 4.78 is 17.2. The van der Waals surface area contributed by atoms with Crippen LogP contribution in [0.5, 0.6) is 0 Å². The van der Waals surface area contributed by atoms with Crippen molar-refractivity contribution < 1.29 is 4.39 Å². The summed E-state index contributed by atoms with van der Waals surface area (Å²) in [5.41, 5.74) is 4.53. The van der Waals surface area contributed by atoms with Gasteiger partial charge in [-0.25, -0.2) is 19.0 Å². The second-order valence-corrected chi connectivity index (χ2v) is 7.34. The largest absolute Gasteiger partial charge is 0.324 e. The van der Waals surface area contributed by atoms with Crippen molar-refractivity contribution in [3.05, 3.63) is 82.5 Å². The molecule has 30 heavy (non-hydrogen) atoms. The molecule has 6 nitrogen and oxygen atoms in total. The van der Waals surface area contributed by atoms with Gasteiger partial charge in [0.05, 0.1) is 17.0 Å². The molecule has 3 heterocycles. The third kappa shape index (κ3) is 3.08. The monoisotopic (exact) mass is 401 g/mol. The number of benzene rings is 2. The van der Waals surface area contributed by atoms with Crippen LogP contribution in [0.2, 0.25) is 0 Å². The Labute approximate surface area is 172 Å². The Morgan fingerprint density at radius 3 is 2.57 bits per heavy atom. The van der Waals surface area contributed by atoms with Crippen LogP contribution in [0.25, 0.3) is 22.5 Å². The van der Waals surface area contributed by atoms with Gasteiger partial charge in [-0.2, -0.15) is 0 Å². The second-order valence-electron chi connectivity index (χ2n) is 7.34. The number of anilines is 2. The van der Waals surface area contributed by atoms with Gasteiger partial charge in [0.2, 0.25) is 5.95 Å². The fourth-order valence-corrected chi connectivity index (χ4v) is 3.94. The molecule has 0 atom stereocenters. The molecule has 4 aromatic rings. The molecule has 2 aromatic carbocycles. The molecule has 1 aliphatic heterocycles. The van der Waals surface area contributed by atoms with Gasteiger partial charge in [-0.05, 0) is 48.7 Å². The predicted octanol–water partition coefficient (Wildman–Crippen LogP) is 4.37. The van der Waals surface area contributed by atoms with Crippen molar-refractivity contribution >= 4 is 11.6 Å². The summed E-state index contributed by atoms with van der Waals surface area (Å²) in [4.78, 5) is 22.2. The lowest BCUT2D eigenvalue weighted by molar-refractivity contribution is 0.599. The lowest BCUT2D eigenvalue weighted by Crippen LogP contribution is -2.17. The Hall–Kier alpha value is -3.74. The van der Waals surface area contributed by atoms with E-state index in [1.165, 1.54) is 12.1 Å². The summed E-state index contributed by atoms with van der Waals surface area (Å²) >= 11 is 0. The highest BCUT2D eigenvalue weighted by Gasteiger charge is 2.26. The third-order valence-corrected chi connectivity index (χ3v) is 5.40. The van der Waals surface area contributed by atoms with E-state index in [2.05, 4.69) is 10.3 Å². The van der Waals surface area contributed by atoms with E-state index in [9.17, 15) is 9.18 Å². The third-order valence-electron chi connectivity index (χ3n) is 5.40. The number of aromatic nitrogens is 4. The van der Waals surface area contributed by atoms with E-state index in [1.54, 1.807) is 29.1 Å². The normalized spacial score (nSPS) is 12.7. The van der Waals surface area contributed by atoms with Crippen LogP contribution >= 0.6 is 0 Å². The average molecular weight is 401 g/mol. The maximum atomic E-state index is 13.5. The summed E-state index contributed by atoms with van der Waals surface area (Å²) in [6.45, 7) is 3.40. The average Bonchev–Trinajstić information content (AvgIpc) is 3.33. The number of para-hydroxylation sites is 1. The number of rotatable bonds is 4. The van der Waals surface area contributed by atoms with Crippen molar-refractivity contribution in [2.75, 3.05) is 5.32 Å². The Balaban J connectivity index is 1.64. The second kappa shape index (κ2) is 7.26. The van der Waals surface area contributed by atoms with Gasteiger partial charge in [0.25, 0.3) is 5.56 Å². The molecule has 0 saturated heterocycles. The highest BCUT2D eigenvalue weighted by molar-refractivity contribution is 5.79. The molecule has 150 valence electrons. The lowest BCUT2D eigenvalue weighted by Gasteiger charge is -2.11. The minimum atomic E-state index is -0.334. The lowest BCUT2D eigenvalue weighted by atomic mass is 10.0. The topological polar surface area (TPSA) is 64.7 Å². The SMILES string of the molecule is Cc1ccccc1Nc1nccc(-c2c(-c3ccc(F)cc3)c(=O)n3n2CCC3)n1. The Bertz CT molecular complexity index is 1290. The first-order valence-electron chi connectivity index (χ1n) is 9.87. The quantitative estimate of drug-likeness (QED) is 0.552. The maximum Gasteiger partial charge on any atom is 0.275 e. The summed E-state index contributed by atoms with van der Waals surface area (Å²) in [5.74, 6) is 0.122. The van der Waals surface area contributed by atoms with Crippen molar-refractivity contribution in [1.29, 1.82) is 0 Å². The molecule has 5 rings (SSSR count). The smallest absolute Gasteiger partial charge is 0.275 e. The molecule has 0 saturated carbocycles. The number of fused-ring (bicyclic) bond motifs is 1. The molecular weight excluding hydrogens is 381 g/mol. The summed E-state index contributed by atoms with van der Waals surface area (Å²) in [6, 6.07) is 15.7. The van der Waals surface area contributed by atoms with Crippen LogP contribution < -0.4 is 10.9 Å². The van der Waals surface area contributed by atoms with E-state index in [-0.39, 0.29) is 11.4 Å².